The Bertz CT molecular complexity index is 1650. The number of amides is 2. The predicted octanol–water partition coefficient (Wildman–Crippen LogP) is 1.18. The third kappa shape index (κ3) is 6.88. The van der Waals surface area contributed by atoms with Crippen LogP contribution in [0.4, 0.5) is 4.39 Å². The molecule has 1 atom stereocenters. The number of aromatic nitrogens is 2. The van der Waals surface area contributed by atoms with Crippen molar-refractivity contribution in [1.82, 2.24) is 19.8 Å². The molecule has 2 amide bonds. The summed E-state index contributed by atoms with van der Waals surface area (Å²) in [4.78, 5) is 65.4. The van der Waals surface area contributed by atoms with Gasteiger partial charge in [0.15, 0.2) is 11.6 Å². The fraction of sp³-hybridized carbons (Fsp3) is 0.276. The molecule has 4 rings (SSSR count). The van der Waals surface area contributed by atoms with Crippen LogP contribution in [0.15, 0.2) is 58.3 Å². The third-order valence-corrected chi connectivity index (χ3v) is 6.53. The minimum atomic E-state index is -0.749. The van der Waals surface area contributed by atoms with E-state index in [1.54, 1.807) is 24.3 Å². The van der Waals surface area contributed by atoms with Crippen LogP contribution in [0.1, 0.15) is 39.9 Å². The van der Waals surface area contributed by atoms with Crippen LogP contribution in [0.25, 0.3) is 0 Å². The molecule has 1 fully saturated rings. The molecule has 0 saturated carbocycles. The molecule has 12 heteroatoms. The van der Waals surface area contributed by atoms with Crippen molar-refractivity contribution in [3.63, 3.8) is 0 Å². The Morgan fingerprint density at radius 1 is 1.10 bits per heavy atom. The zero-order valence-electron chi connectivity index (χ0n) is 22.4. The molecule has 1 aliphatic rings. The summed E-state index contributed by atoms with van der Waals surface area (Å²) in [7, 11) is 2.62. The van der Waals surface area contributed by atoms with Gasteiger partial charge in [0.25, 0.3) is 17.4 Å². The second-order valence-electron chi connectivity index (χ2n) is 9.21. The van der Waals surface area contributed by atoms with Crippen molar-refractivity contribution in [3.8, 4) is 17.6 Å². The lowest BCUT2D eigenvalue weighted by atomic mass is 10.1. The van der Waals surface area contributed by atoms with E-state index < -0.39 is 35.0 Å². The van der Waals surface area contributed by atoms with E-state index in [2.05, 4.69) is 22.1 Å². The minimum Gasteiger partial charge on any atom is -0.494 e. The van der Waals surface area contributed by atoms with E-state index in [1.165, 1.54) is 48.1 Å². The van der Waals surface area contributed by atoms with Crippen molar-refractivity contribution < 1.29 is 28.2 Å². The van der Waals surface area contributed by atoms with Crippen LogP contribution in [0.2, 0.25) is 0 Å². The maximum absolute atomic E-state index is 13.5. The quantitative estimate of drug-likeness (QED) is 0.326. The molecule has 2 heterocycles. The number of carbonyl (C=O) groups is 3. The molecule has 2 N–H and O–H groups in total. The highest BCUT2D eigenvalue weighted by atomic mass is 19.1. The molecular weight excluding hydrogens is 535 g/mol. The molecule has 3 aromatic rings. The summed E-state index contributed by atoms with van der Waals surface area (Å²) in [5.41, 5.74) is 0.108. The molecule has 1 aliphatic heterocycles. The van der Waals surface area contributed by atoms with E-state index in [0.29, 0.717) is 36.1 Å². The fourth-order valence-corrected chi connectivity index (χ4v) is 4.39. The first kappa shape index (κ1) is 28.8. The van der Waals surface area contributed by atoms with E-state index in [1.807, 2.05) is 0 Å². The van der Waals surface area contributed by atoms with Crippen LogP contribution in [-0.4, -0.2) is 59.0 Å². The highest BCUT2D eigenvalue weighted by Crippen LogP contribution is 2.21. The summed E-state index contributed by atoms with van der Waals surface area (Å²) in [6, 6.07) is 10.1. The molecule has 0 unspecified atom stereocenters. The molecule has 0 spiro atoms. The van der Waals surface area contributed by atoms with Crippen LogP contribution in [0.3, 0.4) is 0 Å². The molecule has 1 aromatic heterocycles. The number of benzene rings is 2. The molecule has 0 aliphatic carbocycles. The number of nitrogens with zero attached hydrogens (tertiary/aromatic N) is 2. The fourth-order valence-electron chi connectivity index (χ4n) is 4.39. The molecular formula is C29H27FN4O7. The van der Waals surface area contributed by atoms with Gasteiger partial charge in [-0.05, 0) is 54.2 Å². The molecule has 212 valence electrons. The molecule has 11 nitrogen and oxygen atoms in total. The van der Waals surface area contributed by atoms with Gasteiger partial charge in [-0.2, -0.15) is 0 Å². The van der Waals surface area contributed by atoms with E-state index in [4.69, 9.17) is 9.47 Å². The average Bonchev–Trinajstić information content (AvgIpc) is 3.47. The van der Waals surface area contributed by atoms with Gasteiger partial charge in [-0.15, -0.1) is 0 Å². The van der Waals surface area contributed by atoms with Crippen molar-refractivity contribution >= 4 is 17.8 Å². The summed E-state index contributed by atoms with van der Waals surface area (Å²) in [5.74, 6) is 2.86. The number of ether oxygens (including phenoxy) is 2. The van der Waals surface area contributed by atoms with E-state index in [-0.39, 0.29) is 30.3 Å². The van der Waals surface area contributed by atoms with Crippen LogP contribution in [-0.2, 0) is 27.4 Å². The van der Waals surface area contributed by atoms with Gasteiger partial charge in [0.05, 0.1) is 20.8 Å². The molecule has 1 saturated heterocycles. The van der Waals surface area contributed by atoms with Crippen molar-refractivity contribution in [1.29, 1.82) is 0 Å². The number of aromatic amines is 1. The molecule has 41 heavy (non-hydrogen) atoms. The summed E-state index contributed by atoms with van der Waals surface area (Å²) in [6.45, 7) is 0.571. The van der Waals surface area contributed by atoms with Gasteiger partial charge < -0.3 is 19.7 Å². The lowest BCUT2D eigenvalue weighted by Crippen LogP contribution is -2.41. The van der Waals surface area contributed by atoms with Gasteiger partial charge in [0, 0.05) is 30.8 Å². The summed E-state index contributed by atoms with van der Waals surface area (Å²) in [5, 5.41) is 2.54. The zero-order chi connectivity index (χ0) is 29.5. The van der Waals surface area contributed by atoms with E-state index >= 15 is 0 Å². The number of halogens is 1. The molecule has 0 radical (unpaired) electrons. The van der Waals surface area contributed by atoms with Crippen LogP contribution in [0, 0.1) is 17.7 Å². The predicted molar refractivity (Wildman–Crippen MR) is 145 cm³/mol. The molecule has 0 bridgehead atoms. The average molecular weight is 563 g/mol. The molecule has 2 aromatic carbocycles. The number of hydrogen-bond acceptors (Lipinski definition) is 7. The van der Waals surface area contributed by atoms with Crippen molar-refractivity contribution in [2.24, 2.45) is 0 Å². The Kier molecular flexibility index (Phi) is 8.98. The maximum atomic E-state index is 13.5. The van der Waals surface area contributed by atoms with Gasteiger partial charge in [-0.1, -0.05) is 18.2 Å². The lowest BCUT2D eigenvalue weighted by Gasteiger charge is -2.22. The highest BCUT2D eigenvalue weighted by Gasteiger charge is 2.35. The Hall–Kier alpha value is -5.18. The van der Waals surface area contributed by atoms with E-state index in [0.717, 1.165) is 0 Å². The van der Waals surface area contributed by atoms with Gasteiger partial charge in [-0.3, -0.25) is 23.9 Å². The number of carbonyl (C=O) groups excluding carboxylic acids is 3. The Morgan fingerprint density at radius 3 is 2.54 bits per heavy atom. The smallest absolute Gasteiger partial charge is 0.328 e. The number of rotatable bonds is 7. The van der Waals surface area contributed by atoms with Crippen LogP contribution < -0.4 is 21.3 Å². The summed E-state index contributed by atoms with van der Waals surface area (Å²) >= 11 is 0. The van der Waals surface area contributed by atoms with Crippen LogP contribution >= 0.6 is 0 Å². The van der Waals surface area contributed by atoms with Gasteiger partial charge in [-0.25, -0.2) is 14.0 Å². The Balaban J connectivity index is 1.43. The minimum absolute atomic E-state index is 0.0386. The monoisotopic (exact) mass is 562 g/mol. The number of likely N-dealkylation sites (tertiary alicyclic amines) is 1. The Morgan fingerprint density at radius 2 is 1.83 bits per heavy atom. The summed E-state index contributed by atoms with van der Waals surface area (Å²) in [6.07, 6.45) is 2.49. The van der Waals surface area contributed by atoms with Crippen molar-refractivity contribution in [3.05, 3.63) is 97.6 Å². The lowest BCUT2D eigenvalue weighted by molar-refractivity contribution is -0.145. The number of nitrogens with one attached hydrogen (secondary N) is 2. The Labute approximate surface area is 233 Å². The van der Waals surface area contributed by atoms with Gasteiger partial charge in [0.2, 0.25) is 0 Å². The highest BCUT2D eigenvalue weighted by molar-refractivity contribution is 5.97. The number of H-pyrrole nitrogens is 1. The summed E-state index contributed by atoms with van der Waals surface area (Å²) < 4.78 is 24.5. The third-order valence-electron chi connectivity index (χ3n) is 6.53. The van der Waals surface area contributed by atoms with Gasteiger partial charge >= 0.3 is 11.7 Å². The first-order valence-corrected chi connectivity index (χ1v) is 12.6. The zero-order valence-corrected chi connectivity index (χ0v) is 22.4. The second-order valence-corrected chi connectivity index (χ2v) is 9.21. The largest absolute Gasteiger partial charge is 0.494 e. The SMILES string of the molecule is COC(=O)[C@H]1CCCN1C(=O)c1ccc(Cn2cc(C#CC(=O)NCc3ccc(F)c(OC)c3)c(=O)[nH]c2=O)cc1. The standard InChI is InChI=1S/C29H27FN4O7/c1-40-24-14-19(7-11-22(24)30)15-31-25(35)12-10-21-17-33(29(39)32-26(21)36)16-18-5-8-20(9-6-18)27(37)34-13-3-4-23(34)28(38)41-2/h5-9,11,14,17,23H,3-4,13,15-16H2,1-2H3,(H,31,35)(H,32,36,39)/t23-/m1/s1. The number of hydrogen-bond donors (Lipinski definition) is 2. The second kappa shape index (κ2) is 12.8. The van der Waals surface area contributed by atoms with Gasteiger partial charge in [0.1, 0.15) is 11.6 Å². The number of esters is 1. The normalized spacial score (nSPS) is 14.1. The van der Waals surface area contributed by atoms with Crippen molar-refractivity contribution in [2.45, 2.75) is 32.0 Å². The maximum Gasteiger partial charge on any atom is 0.328 e. The van der Waals surface area contributed by atoms with E-state index in [9.17, 15) is 28.4 Å². The number of methoxy groups -OCH3 is 2. The topological polar surface area (TPSA) is 140 Å². The van der Waals surface area contributed by atoms with Crippen molar-refractivity contribution in [2.75, 3.05) is 20.8 Å². The van der Waals surface area contributed by atoms with Crippen LogP contribution in [0.5, 0.6) is 5.75 Å². The first-order chi connectivity index (χ1) is 19.7. The first-order valence-electron chi connectivity index (χ1n) is 12.6.